The van der Waals surface area contributed by atoms with Gasteiger partial charge in [0.05, 0.1) is 12.0 Å². The Morgan fingerprint density at radius 2 is 2.05 bits per heavy atom. The molecule has 5 nitrogen and oxygen atoms in total. The van der Waals surface area contributed by atoms with Crippen LogP contribution >= 0.6 is 0 Å². The first-order chi connectivity index (χ1) is 10.0. The van der Waals surface area contributed by atoms with Gasteiger partial charge in [0.25, 0.3) is 0 Å². The Morgan fingerprint density at radius 1 is 1.29 bits per heavy atom. The molecule has 0 amide bonds. The van der Waals surface area contributed by atoms with E-state index in [0.717, 1.165) is 12.1 Å². The van der Waals surface area contributed by atoms with Crippen LogP contribution in [0, 0.1) is 21.7 Å². The van der Waals surface area contributed by atoms with Crippen molar-refractivity contribution in [1.29, 1.82) is 0 Å². The summed E-state index contributed by atoms with van der Waals surface area (Å²) in [6.45, 7) is -0.0138. The summed E-state index contributed by atoms with van der Waals surface area (Å²) in [5, 5.41) is 13.8. The molecule has 1 N–H and O–H groups in total. The standard InChI is InChI=1S/C14H12F2N2O3/c1-21-13-4-2-3-12(14(13)18(19)20)17-8-9-5-6-10(15)7-11(9)16/h2-7,17H,8H2,1H3. The van der Waals surface area contributed by atoms with Crippen LogP contribution in [0.5, 0.6) is 5.75 Å². The van der Waals surface area contributed by atoms with Crippen molar-refractivity contribution in [2.24, 2.45) is 0 Å². The molecule has 0 atom stereocenters. The summed E-state index contributed by atoms with van der Waals surface area (Å²) in [4.78, 5) is 10.5. The SMILES string of the molecule is COc1cccc(NCc2ccc(F)cc2F)c1[N+](=O)[O-]. The number of rotatable bonds is 5. The molecule has 0 spiro atoms. The molecule has 110 valence electrons. The molecule has 0 aliphatic carbocycles. The topological polar surface area (TPSA) is 64.4 Å². The predicted octanol–water partition coefficient (Wildman–Crippen LogP) is 3.49. The van der Waals surface area contributed by atoms with E-state index in [9.17, 15) is 18.9 Å². The Bertz CT molecular complexity index is 677. The number of benzene rings is 2. The van der Waals surface area contributed by atoms with Gasteiger partial charge in [-0.3, -0.25) is 10.1 Å². The maximum atomic E-state index is 13.5. The molecule has 0 aromatic heterocycles. The number of ether oxygens (including phenoxy) is 1. The molecular formula is C14H12F2N2O3. The van der Waals surface area contributed by atoms with Crippen LogP contribution in [-0.2, 0) is 6.54 Å². The highest BCUT2D eigenvalue weighted by Gasteiger charge is 2.20. The normalized spacial score (nSPS) is 10.2. The van der Waals surface area contributed by atoms with E-state index in [0.29, 0.717) is 0 Å². The minimum atomic E-state index is -0.715. The molecule has 2 rings (SSSR count). The number of hydrogen-bond donors (Lipinski definition) is 1. The highest BCUT2D eigenvalue weighted by atomic mass is 19.1. The van der Waals surface area contributed by atoms with E-state index in [4.69, 9.17) is 4.74 Å². The molecule has 0 radical (unpaired) electrons. The molecule has 21 heavy (non-hydrogen) atoms. The molecule has 0 unspecified atom stereocenters. The number of nitro groups is 1. The lowest BCUT2D eigenvalue weighted by Gasteiger charge is -2.10. The van der Waals surface area contributed by atoms with Crippen LogP contribution in [-0.4, -0.2) is 12.0 Å². The zero-order valence-corrected chi connectivity index (χ0v) is 11.1. The van der Waals surface area contributed by atoms with Crippen LogP contribution in [0.3, 0.4) is 0 Å². The van der Waals surface area contributed by atoms with Gasteiger partial charge in [-0.15, -0.1) is 0 Å². The van der Waals surface area contributed by atoms with Gasteiger partial charge in [0.15, 0.2) is 5.75 Å². The quantitative estimate of drug-likeness (QED) is 0.677. The second kappa shape index (κ2) is 6.17. The number of hydrogen-bond acceptors (Lipinski definition) is 4. The number of nitro benzene ring substituents is 1. The van der Waals surface area contributed by atoms with Crippen molar-refractivity contribution in [2.45, 2.75) is 6.54 Å². The minimum absolute atomic E-state index is 0.0138. The van der Waals surface area contributed by atoms with E-state index in [1.165, 1.54) is 25.3 Å². The lowest BCUT2D eigenvalue weighted by Crippen LogP contribution is -2.05. The summed E-state index contributed by atoms with van der Waals surface area (Å²) in [6, 6.07) is 7.69. The summed E-state index contributed by atoms with van der Waals surface area (Å²) in [7, 11) is 1.33. The molecule has 2 aromatic carbocycles. The van der Waals surface area contributed by atoms with Crippen molar-refractivity contribution in [2.75, 3.05) is 12.4 Å². The van der Waals surface area contributed by atoms with E-state index in [1.54, 1.807) is 6.07 Å². The third-order valence-corrected chi connectivity index (χ3v) is 2.89. The van der Waals surface area contributed by atoms with Crippen LogP contribution < -0.4 is 10.1 Å². The van der Waals surface area contributed by atoms with Crippen molar-refractivity contribution in [3.05, 3.63) is 63.7 Å². The zero-order valence-electron chi connectivity index (χ0n) is 11.1. The first-order valence-corrected chi connectivity index (χ1v) is 6.02. The summed E-state index contributed by atoms with van der Waals surface area (Å²) < 4.78 is 31.3. The molecule has 0 heterocycles. The predicted molar refractivity (Wildman–Crippen MR) is 73.3 cm³/mol. The Kier molecular flexibility index (Phi) is 4.32. The number of nitrogens with zero attached hydrogens (tertiary/aromatic N) is 1. The maximum Gasteiger partial charge on any atom is 0.333 e. The van der Waals surface area contributed by atoms with Crippen LogP contribution in [0.2, 0.25) is 0 Å². The van der Waals surface area contributed by atoms with Crippen molar-refractivity contribution in [3.8, 4) is 5.75 Å². The molecule has 0 saturated heterocycles. The van der Waals surface area contributed by atoms with Crippen molar-refractivity contribution < 1.29 is 18.4 Å². The van der Waals surface area contributed by atoms with Gasteiger partial charge >= 0.3 is 5.69 Å². The van der Waals surface area contributed by atoms with Gasteiger partial charge < -0.3 is 10.1 Å². The number of methoxy groups -OCH3 is 1. The monoisotopic (exact) mass is 294 g/mol. The summed E-state index contributed by atoms with van der Waals surface area (Å²) >= 11 is 0. The fourth-order valence-corrected chi connectivity index (χ4v) is 1.87. The van der Waals surface area contributed by atoms with Gasteiger partial charge in [-0.1, -0.05) is 12.1 Å². The maximum absolute atomic E-state index is 13.5. The second-order valence-electron chi connectivity index (χ2n) is 4.20. The number of halogens is 2. The Hall–Kier alpha value is -2.70. The average Bonchev–Trinajstić information content (AvgIpc) is 2.45. The Morgan fingerprint density at radius 3 is 2.67 bits per heavy atom. The fourth-order valence-electron chi connectivity index (χ4n) is 1.87. The van der Waals surface area contributed by atoms with Gasteiger partial charge in [0, 0.05) is 18.2 Å². The molecule has 0 fully saturated rings. The zero-order chi connectivity index (χ0) is 15.4. The van der Waals surface area contributed by atoms with Gasteiger partial charge in [-0.05, 0) is 18.2 Å². The fraction of sp³-hybridized carbons (Fsp3) is 0.143. The van der Waals surface area contributed by atoms with Crippen LogP contribution in [0.15, 0.2) is 36.4 Å². The third-order valence-electron chi connectivity index (χ3n) is 2.89. The summed E-state index contributed by atoms with van der Waals surface area (Å²) in [5.74, 6) is -1.29. The Labute approximate surface area is 119 Å². The second-order valence-corrected chi connectivity index (χ2v) is 4.20. The highest BCUT2D eigenvalue weighted by molar-refractivity contribution is 5.68. The Balaban J connectivity index is 2.26. The van der Waals surface area contributed by atoms with Crippen LogP contribution in [0.4, 0.5) is 20.2 Å². The third kappa shape index (κ3) is 3.25. The smallest absolute Gasteiger partial charge is 0.333 e. The van der Waals surface area contributed by atoms with Gasteiger partial charge in [0.2, 0.25) is 0 Å². The highest BCUT2D eigenvalue weighted by Crippen LogP contribution is 2.34. The van der Waals surface area contributed by atoms with Crippen molar-refractivity contribution >= 4 is 11.4 Å². The number of anilines is 1. The van der Waals surface area contributed by atoms with Crippen LogP contribution in [0.25, 0.3) is 0 Å². The molecule has 0 aliphatic heterocycles. The minimum Gasteiger partial charge on any atom is -0.490 e. The molecule has 7 heteroatoms. The average molecular weight is 294 g/mol. The van der Waals surface area contributed by atoms with Crippen LogP contribution in [0.1, 0.15) is 5.56 Å². The van der Waals surface area contributed by atoms with E-state index < -0.39 is 16.6 Å². The molecule has 0 saturated carbocycles. The van der Waals surface area contributed by atoms with Gasteiger partial charge in [-0.2, -0.15) is 0 Å². The largest absolute Gasteiger partial charge is 0.490 e. The summed E-state index contributed by atoms with van der Waals surface area (Å²) in [6.07, 6.45) is 0. The van der Waals surface area contributed by atoms with Crippen molar-refractivity contribution in [1.82, 2.24) is 0 Å². The summed E-state index contributed by atoms with van der Waals surface area (Å²) in [5.41, 5.74) is 0.166. The first kappa shape index (κ1) is 14.7. The van der Waals surface area contributed by atoms with Gasteiger partial charge in [0.1, 0.15) is 17.3 Å². The van der Waals surface area contributed by atoms with Gasteiger partial charge in [-0.25, -0.2) is 8.78 Å². The lowest BCUT2D eigenvalue weighted by atomic mass is 10.2. The molecule has 0 bridgehead atoms. The van der Waals surface area contributed by atoms with E-state index >= 15 is 0 Å². The number of para-hydroxylation sites is 1. The van der Waals surface area contributed by atoms with E-state index in [1.807, 2.05) is 0 Å². The first-order valence-electron chi connectivity index (χ1n) is 6.02. The van der Waals surface area contributed by atoms with E-state index in [-0.39, 0.29) is 29.2 Å². The molecule has 2 aromatic rings. The molecule has 0 aliphatic rings. The lowest BCUT2D eigenvalue weighted by molar-refractivity contribution is -0.384. The van der Waals surface area contributed by atoms with Crippen molar-refractivity contribution in [3.63, 3.8) is 0 Å². The number of nitrogens with one attached hydrogen (secondary N) is 1. The molecular weight excluding hydrogens is 282 g/mol. The van der Waals surface area contributed by atoms with E-state index in [2.05, 4.69) is 5.32 Å².